The quantitative estimate of drug-likeness (QED) is 0.831. The molecule has 0 aliphatic carbocycles. The zero-order chi connectivity index (χ0) is 12.8. The summed E-state index contributed by atoms with van der Waals surface area (Å²) in [6.45, 7) is 7.78. The lowest BCUT2D eigenvalue weighted by atomic mass is 10.00. The van der Waals surface area contributed by atoms with E-state index >= 15 is 0 Å². The molecule has 1 unspecified atom stereocenters. The zero-order valence-corrected chi connectivity index (χ0v) is 11.2. The molecular formula is C13H22N4O. The van der Waals surface area contributed by atoms with Crippen molar-refractivity contribution in [3.05, 3.63) is 11.9 Å². The van der Waals surface area contributed by atoms with Gasteiger partial charge in [-0.2, -0.15) is 0 Å². The number of nitrogens with zero attached hydrogens (tertiary/aromatic N) is 2. The largest absolute Gasteiger partial charge is 0.478 e. The first-order valence-electron chi connectivity index (χ1n) is 6.70. The van der Waals surface area contributed by atoms with Crippen LogP contribution in [0.15, 0.2) is 6.33 Å². The molecule has 0 amide bonds. The Balaban J connectivity index is 1.93. The van der Waals surface area contributed by atoms with Gasteiger partial charge in [0.15, 0.2) is 0 Å². The molecule has 1 aliphatic rings. The molecule has 0 spiro atoms. The van der Waals surface area contributed by atoms with Crippen molar-refractivity contribution in [3.8, 4) is 5.88 Å². The van der Waals surface area contributed by atoms with Gasteiger partial charge in [-0.05, 0) is 45.7 Å². The monoisotopic (exact) mass is 250 g/mol. The molecule has 1 aliphatic heterocycles. The molecule has 1 fully saturated rings. The van der Waals surface area contributed by atoms with Crippen LogP contribution >= 0.6 is 0 Å². The minimum absolute atomic E-state index is 0.629. The highest BCUT2D eigenvalue weighted by molar-refractivity contribution is 5.47. The second-order valence-corrected chi connectivity index (χ2v) is 4.68. The first-order chi connectivity index (χ1) is 8.81. The smallest absolute Gasteiger partial charge is 0.221 e. The standard InChI is InChI=1S/C13H22N4O/c1-3-18-13-10(2)12(16-9-17-13)15-8-11-5-4-6-14-7-11/h9,11,14H,3-8H2,1-2H3,(H,15,16,17). The first kappa shape index (κ1) is 13.1. The van der Waals surface area contributed by atoms with Crippen molar-refractivity contribution in [3.63, 3.8) is 0 Å². The first-order valence-corrected chi connectivity index (χ1v) is 6.70. The summed E-state index contributed by atoms with van der Waals surface area (Å²) in [6, 6.07) is 0. The van der Waals surface area contributed by atoms with Crippen molar-refractivity contribution in [1.82, 2.24) is 15.3 Å². The minimum Gasteiger partial charge on any atom is -0.478 e. The Bertz CT molecular complexity index is 377. The summed E-state index contributed by atoms with van der Waals surface area (Å²) >= 11 is 0. The van der Waals surface area contributed by atoms with Crippen LogP contribution < -0.4 is 15.4 Å². The molecular weight excluding hydrogens is 228 g/mol. The van der Waals surface area contributed by atoms with Crippen LogP contribution in [0.1, 0.15) is 25.3 Å². The Morgan fingerprint density at radius 3 is 3.11 bits per heavy atom. The van der Waals surface area contributed by atoms with E-state index in [2.05, 4.69) is 20.6 Å². The van der Waals surface area contributed by atoms with Crippen molar-refractivity contribution >= 4 is 5.82 Å². The lowest BCUT2D eigenvalue weighted by Crippen LogP contribution is -2.33. The average molecular weight is 250 g/mol. The van der Waals surface area contributed by atoms with E-state index in [-0.39, 0.29) is 0 Å². The number of piperidine rings is 1. The molecule has 1 saturated heterocycles. The number of rotatable bonds is 5. The highest BCUT2D eigenvalue weighted by atomic mass is 16.5. The normalized spacial score (nSPS) is 19.6. The molecule has 18 heavy (non-hydrogen) atoms. The van der Waals surface area contributed by atoms with E-state index < -0.39 is 0 Å². The van der Waals surface area contributed by atoms with Gasteiger partial charge >= 0.3 is 0 Å². The molecule has 0 radical (unpaired) electrons. The van der Waals surface area contributed by atoms with E-state index in [0.717, 1.165) is 31.0 Å². The molecule has 0 saturated carbocycles. The number of ether oxygens (including phenoxy) is 1. The van der Waals surface area contributed by atoms with Crippen LogP contribution in [-0.2, 0) is 0 Å². The van der Waals surface area contributed by atoms with Gasteiger partial charge in [0, 0.05) is 6.54 Å². The fraction of sp³-hybridized carbons (Fsp3) is 0.692. The third-order valence-electron chi connectivity index (χ3n) is 3.28. The Morgan fingerprint density at radius 1 is 1.50 bits per heavy atom. The van der Waals surface area contributed by atoms with E-state index in [0.29, 0.717) is 18.4 Å². The van der Waals surface area contributed by atoms with E-state index in [1.54, 1.807) is 6.33 Å². The van der Waals surface area contributed by atoms with E-state index in [9.17, 15) is 0 Å². The Hall–Kier alpha value is -1.36. The summed E-state index contributed by atoms with van der Waals surface area (Å²) in [6.07, 6.45) is 4.10. The molecule has 5 nitrogen and oxygen atoms in total. The van der Waals surface area contributed by atoms with Gasteiger partial charge in [0.2, 0.25) is 5.88 Å². The maximum atomic E-state index is 5.47. The summed E-state index contributed by atoms with van der Waals surface area (Å²) in [5.41, 5.74) is 0.989. The van der Waals surface area contributed by atoms with Gasteiger partial charge in [-0.1, -0.05) is 0 Å². The SMILES string of the molecule is CCOc1ncnc(NCC2CCCNC2)c1C. The predicted octanol–water partition coefficient (Wildman–Crippen LogP) is 1.60. The summed E-state index contributed by atoms with van der Waals surface area (Å²) in [5.74, 6) is 2.25. The van der Waals surface area contributed by atoms with Crippen molar-refractivity contribution in [2.75, 3.05) is 31.6 Å². The Kier molecular flexibility index (Phi) is 4.75. The number of nitrogens with one attached hydrogen (secondary N) is 2. The summed E-state index contributed by atoms with van der Waals surface area (Å²) in [4.78, 5) is 8.42. The van der Waals surface area contributed by atoms with Gasteiger partial charge in [-0.15, -0.1) is 0 Å². The lowest BCUT2D eigenvalue weighted by molar-refractivity contribution is 0.323. The summed E-state index contributed by atoms with van der Waals surface area (Å²) < 4.78 is 5.47. The topological polar surface area (TPSA) is 59.1 Å². The van der Waals surface area contributed by atoms with Crippen molar-refractivity contribution in [2.24, 2.45) is 5.92 Å². The molecule has 0 aromatic carbocycles. The van der Waals surface area contributed by atoms with Crippen molar-refractivity contribution < 1.29 is 4.74 Å². The summed E-state index contributed by atoms with van der Waals surface area (Å²) in [5, 5.41) is 6.83. The van der Waals surface area contributed by atoms with Crippen LogP contribution in [0.2, 0.25) is 0 Å². The lowest BCUT2D eigenvalue weighted by Gasteiger charge is -2.23. The van der Waals surface area contributed by atoms with Crippen molar-refractivity contribution in [2.45, 2.75) is 26.7 Å². The Labute approximate surface area is 108 Å². The molecule has 5 heteroatoms. The average Bonchev–Trinajstić information content (AvgIpc) is 2.41. The highest BCUT2D eigenvalue weighted by Crippen LogP contribution is 2.21. The maximum absolute atomic E-state index is 5.47. The molecule has 1 aromatic heterocycles. The number of hydrogen-bond acceptors (Lipinski definition) is 5. The fourth-order valence-corrected chi connectivity index (χ4v) is 2.23. The van der Waals surface area contributed by atoms with Crippen LogP contribution in [0.3, 0.4) is 0 Å². The molecule has 2 heterocycles. The fourth-order valence-electron chi connectivity index (χ4n) is 2.23. The number of hydrogen-bond donors (Lipinski definition) is 2. The zero-order valence-electron chi connectivity index (χ0n) is 11.2. The molecule has 100 valence electrons. The van der Waals surface area contributed by atoms with E-state index in [1.165, 1.54) is 12.8 Å². The molecule has 1 aromatic rings. The third-order valence-corrected chi connectivity index (χ3v) is 3.28. The van der Waals surface area contributed by atoms with Gasteiger partial charge in [0.25, 0.3) is 0 Å². The minimum atomic E-state index is 0.629. The molecule has 2 N–H and O–H groups in total. The van der Waals surface area contributed by atoms with Gasteiger partial charge in [0.05, 0.1) is 12.2 Å². The van der Waals surface area contributed by atoms with Crippen LogP contribution in [-0.4, -0.2) is 36.2 Å². The maximum Gasteiger partial charge on any atom is 0.221 e. The molecule has 0 bridgehead atoms. The van der Waals surface area contributed by atoms with Crippen LogP contribution in [0, 0.1) is 12.8 Å². The molecule has 1 atom stereocenters. The molecule has 2 rings (SSSR count). The predicted molar refractivity (Wildman–Crippen MR) is 72.0 cm³/mol. The van der Waals surface area contributed by atoms with Gasteiger partial charge in [0.1, 0.15) is 12.1 Å². The van der Waals surface area contributed by atoms with Gasteiger partial charge in [-0.25, -0.2) is 9.97 Å². The third kappa shape index (κ3) is 3.32. The van der Waals surface area contributed by atoms with Gasteiger partial charge < -0.3 is 15.4 Å². The van der Waals surface area contributed by atoms with Gasteiger partial charge in [-0.3, -0.25) is 0 Å². The van der Waals surface area contributed by atoms with Crippen LogP contribution in [0.25, 0.3) is 0 Å². The van der Waals surface area contributed by atoms with E-state index in [1.807, 2.05) is 13.8 Å². The van der Waals surface area contributed by atoms with E-state index in [4.69, 9.17) is 4.74 Å². The summed E-state index contributed by atoms with van der Waals surface area (Å²) in [7, 11) is 0. The second-order valence-electron chi connectivity index (χ2n) is 4.68. The van der Waals surface area contributed by atoms with Crippen LogP contribution in [0.4, 0.5) is 5.82 Å². The number of anilines is 1. The highest BCUT2D eigenvalue weighted by Gasteiger charge is 2.14. The second kappa shape index (κ2) is 6.54. The number of aromatic nitrogens is 2. The Morgan fingerprint density at radius 2 is 2.39 bits per heavy atom. The van der Waals surface area contributed by atoms with Crippen molar-refractivity contribution in [1.29, 1.82) is 0 Å². The van der Waals surface area contributed by atoms with Crippen LogP contribution in [0.5, 0.6) is 5.88 Å².